The van der Waals surface area contributed by atoms with Crippen LogP contribution in [0.5, 0.6) is 0 Å². The van der Waals surface area contributed by atoms with Gasteiger partial charge in [-0.05, 0) is 37.2 Å². The Bertz CT molecular complexity index is 221. The molecule has 0 bridgehead atoms. The number of rotatable bonds is 1. The summed E-state index contributed by atoms with van der Waals surface area (Å²) in [6.07, 6.45) is 4.70. The Morgan fingerprint density at radius 3 is 2.55 bits per heavy atom. The van der Waals surface area contributed by atoms with Crippen LogP contribution < -0.4 is 0 Å². The maximum absolute atomic E-state index is 5.74. The van der Waals surface area contributed by atoms with Crippen molar-refractivity contribution < 1.29 is 4.74 Å². The number of ether oxygens (including phenoxy) is 1. The third-order valence-electron chi connectivity index (χ3n) is 3.69. The lowest BCUT2D eigenvalue weighted by atomic mass is 10.1. The van der Waals surface area contributed by atoms with E-state index in [1.165, 1.54) is 24.8 Å². The Labute approximate surface area is 67.4 Å². The molecule has 1 heterocycles. The molecule has 3 atom stereocenters. The Balaban J connectivity index is 1.80. The first kappa shape index (κ1) is 6.24. The Kier molecular flexibility index (Phi) is 0.885. The highest BCUT2D eigenvalue weighted by Crippen LogP contribution is 2.74. The van der Waals surface area contributed by atoms with E-state index in [0.717, 1.165) is 11.8 Å². The highest BCUT2D eigenvalue weighted by Gasteiger charge is 2.81. The summed E-state index contributed by atoms with van der Waals surface area (Å²) < 4.78 is 5.74. The molecule has 3 fully saturated rings. The minimum absolute atomic E-state index is 0.351. The summed E-state index contributed by atoms with van der Waals surface area (Å²) in [5.41, 5.74) is 1.59. The van der Waals surface area contributed by atoms with Gasteiger partial charge in [0.1, 0.15) is 11.7 Å². The van der Waals surface area contributed by atoms with Gasteiger partial charge in [0.2, 0.25) is 0 Å². The predicted molar refractivity (Wildman–Crippen MR) is 43.2 cm³/mol. The summed E-state index contributed by atoms with van der Waals surface area (Å²) in [6.45, 7) is 6.05. The molecule has 1 aliphatic heterocycles. The molecule has 0 radical (unpaired) electrons. The summed E-state index contributed by atoms with van der Waals surface area (Å²) >= 11 is 0. The first-order chi connectivity index (χ1) is 5.27. The molecular formula is C10H14O. The maximum Gasteiger partial charge on any atom is 0.108 e. The van der Waals surface area contributed by atoms with Crippen LogP contribution in [0.4, 0.5) is 0 Å². The molecule has 1 saturated heterocycles. The zero-order valence-electron chi connectivity index (χ0n) is 6.97. The van der Waals surface area contributed by atoms with Crippen LogP contribution in [0.3, 0.4) is 0 Å². The Morgan fingerprint density at radius 2 is 2.09 bits per heavy atom. The van der Waals surface area contributed by atoms with Crippen LogP contribution in [-0.2, 0) is 4.74 Å². The molecule has 0 aromatic rings. The largest absolute Gasteiger partial charge is 0.361 e. The van der Waals surface area contributed by atoms with Crippen LogP contribution in [0.1, 0.15) is 26.2 Å². The molecule has 0 amide bonds. The minimum atomic E-state index is 0.351. The fourth-order valence-corrected chi connectivity index (χ4v) is 3.16. The summed E-state index contributed by atoms with van der Waals surface area (Å²) in [7, 11) is 0. The molecule has 1 heteroatoms. The van der Waals surface area contributed by atoms with Crippen molar-refractivity contribution in [1.82, 2.24) is 0 Å². The van der Waals surface area contributed by atoms with Gasteiger partial charge in [0, 0.05) is 0 Å². The van der Waals surface area contributed by atoms with Crippen LogP contribution in [0, 0.1) is 11.8 Å². The fraction of sp³-hybridized carbons (Fsp3) is 0.800. The molecule has 60 valence electrons. The smallest absolute Gasteiger partial charge is 0.108 e. The van der Waals surface area contributed by atoms with Crippen molar-refractivity contribution in [2.45, 2.75) is 37.9 Å². The van der Waals surface area contributed by atoms with Crippen LogP contribution >= 0.6 is 0 Å². The van der Waals surface area contributed by atoms with Gasteiger partial charge in [-0.3, -0.25) is 0 Å². The van der Waals surface area contributed by atoms with Crippen molar-refractivity contribution >= 4 is 0 Å². The highest BCUT2D eigenvalue weighted by molar-refractivity contribution is 5.35. The Hall–Kier alpha value is -0.300. The standard InChI is InChI=1S/C10H14O/c1-6(2)9-10(11-9)7-4-3-5-8(7)10/h7-9H,1,3-5H2,2H3. The van der Waals surface area contributed by atoms with E-state index < -0.39 is 0 Å². The van der Waals surface area contributed by atoms with Crippen molar-refractivity contribution in [1.29, 1.82) is 0 Å². The van der Waals surface area contributed by atoms with E-state index in [2.05, 4.69) is 13.5 Å². The molecule has 3 rings (SSSR count). The highest BCUT2D eigenvalue weighted by atomic mass is 16.6. The van der Waals surface area contributed by atoms with E-state index in [9.17, 15) is 0 Å². The molecule has 1 nitrogen and oxygen atoms in total. The van der Waals surface area contributed by atoms with E-state index >= 15 is 0 Å². The molecule has 0 aromatic heterocycles. The molecule has 1 spiro atoms. The quantitative estimate of drug-likeness (QED) is 0.412. The predicted octanol–water partition coefficient (Wildman–Crippen LogP) is 2.13. The van der Waals surface area contributed by atoms with Crippen molar-refractivity contribution in [2.24, 2.45) is 11.8 Å². The minimum Gasteiger partial charge on any atom is -0.361 e. The lowest BCUT2D eigenvalue weighted by molar-refractivity contribution is 0.340. The summed E-state index contributed by atoms with van der Waals surface area (Å²) in [5.74, 6) is 1.84. The average molecular weight is 150 g/mol. The van der Waals surface area contributed by atoms with Crippen LogP contribution in [0.2, 0.25) is 0 Å². The molecule has 3 unspecified atom stereocenters. The molecule has 0 aromatic carbocycles. The molecule has 11 heavy (non-hydrogen) atoms. The van der Waals surface area contributed by atoms with Crippen molar-refractivity contribution in [2.75, 3.05) is 0 Å². The zero-order chi connectivity index (χ0) is 7.64. The van der Waals surface area contributed by atoms with E-state index in [-0.39, 0.29) is 0 Å². The molecule has 2 aliphatic carbocycles. The number of hydrogen-bond donors (Lipinski definition) is 0. The van der Waals surface area contributed by atoms with Gasteiger partial charge in [-0.2, -0.15) is 0 Å². The second-order valence-corrected chi connectivity index (χ2v) is 4.34. The van der Waals surface area contributed by atoms with Gasteiger partial charge in [0.05, 0.1) is 0 Å². The first-order valence-electron chi connectivity index (χ1n) is 4.60. The van der Waals surface area contributed by atoms with Crippen LogP contribution in [0.25, 0.3) is 0 Å². The fourth-order valence-electron chi connectivity index (χ4n) is 3.16. The lowest BCUT2D eigenvalue weighted by Crippen LogP contribution is -2.01. The van der Waals surface area contributed by atoms with Gasteiger partial charge >= 0.3 is 0 Å². The van der Waals surface area contributed by atoms with Gasteiger partial charge in [0.15, 0.2) is 0 Å². The molecule has 0 N–H and O–H groups in total. The van der Waals surface area contributed by atoms with Gasteiger partial charge < -0.3 is 4.74 Å². The van der Waals surface area contributed by atoms with E-state index in [1.807, 2.05) is 0 Å². The van der Waals surface area contributed by atoms with E-state index in [4.69, 9.17) is 4.74 Å². The molecule has 2 saturated carbocycles. The van der Waals surface area contributed by atoms with Gasteiger partial charge in [-0.15, -0.1) is 0 Å². The van der Waals surface area contributed by atoms with Crippen LogP contribution in [-0.4, -0.2) is 11.7 Å². The lowest BCUT2D eigenvalue weighted by Gasteiger charge is -1.94. The van der Waals surface area contributed by atoms with Crippen molar-refractivity contribution in [3.63, 3.8) is 0 Å². The SMILES string of the molecule is C=C(C)C1OC12C1CCCC12. The second kappa shape index (κ2) is 1.56. The average Bonchev–Trinajstić information content (AvgIpc) is 2.75. The monoisotopic (exact) mass is 150 g/mol. The number of epoxide rings is 1. The van der Waals surface area contributed by atoms with Gasteiger partial charge in [-0.1, -0.05) is 13.0 Å². The number of hydrogen-bond acceptors (Lipinski definition) is 1. The third-order valence-corrected chi connectivity index (χ3v) is 3.69. The van der Waals surface area contributed by atoms with Crippen molar-refractivity contribution in [3.05, 3.63) is 12.2 Å². The van der Waals surface area contributed by atoms with Gasteiger partial charge in [0.25, 0.3) is 0 Å². The zero-order valence-corrected chi connectivity index (χ0v) is 6.97. The summed E-state index contributed by atoms with van der Waals surface area (Å²) in [4.78, 5) is 0. The van der Waals surface area contributed by atoms with E-state index in [1.54, 1.807) is 0 Å². The topological polar surface area (TPSA) is 12.5 Å². The first-order valence-corrected chi connectivity index (χ1v) is 4.60. The summed E-state index contributed by atoms with van der Waals surface area (Å²) in [6, 6.07) is 0. The van der Waals surface area contributed by atoms with E-state index in [0.29, 0.717) is 11.7 Å². The second-order valence-electron chi connectivity index (χ2n) is 4.34. The Morgan fingerprint density at radius 1 is 1.45 bits per heavy atom. The molecule has 3 aliphatic rings. The third kappa shape index (κ3) is 0.538. The molecular weight excluding hydrogens is 136 g/mol. The maximum atomic E-state index is 5.74. The summed E-state index contributed by atoms with van der Waals surface area (Å²) in [5, 5.41) is 0. The van der Waals surface area contributed by atoms with Crippen LogP contribution in [0.15, 0.2) is 12.2 Å². The van der Waals surface area contributed by atoms with Gasteiger partial charge in [-0.25, -0.2) is 0 Å². The number of fused-ring (bicyclic) bond motifs is 3. The normalized spacial score (nSPS) is 57.7. The van der Waals surface area contributed by atoms with Crippen molar-refractivity contribution in [3.8, 4) is 0 Å².